The van der Waals surface area contributed by atoms with Gasteiger partial charge in [0, 0.05) is 17.0 Å². The van der Waals surface area contributed by atoms with Crippen molar-refractivity contribution in [2.45, 2.75) is 26.2 Å². The van der Waals surface area contributed by atoms with Gasteiger partial charge in [0.25, 0.3) is 0 Å². The molecule has 0 fully saturated rings. The van der Waals surface area contributed by atoms with Crippen LogP contribution in [0.15, 0.2) is 22.7 Å². The first-order chi connectivity index (χ1) is 7.02. The standard InChI is InChI=1S/C12H13NO2/c1-12(2,3)11-9-6-8(7-14)15-10(9)4-5-13-11/h4-7H,1-3H3. The number of carbonyl (C=O) groups excluding carboxylic acids is 1. The van der Waals surface area contributed by atoms with E-state index in [2.05, 4.69) is 25.8 Å². The molecule has 0 aliphatic heterocycles. The smallest absolute Gasteiger partial charge is 0.185 e. The highest BCUT2D eigenvalue weighted by Gasteiger charge is 2.20. The third-order valence-corrected chi connectivity index (χ3v) is 2.29. The van der Waals surface area contributed by atoms with Gasteiger partial charge >= 0.3 is 0 Å². The number of hydrogen-bond acceptors (Lipinski definition) is 3. The summed E-state index contributed by atoms with van der Waals surface area (Å²) < 4.78 is 5.34. The van der Waals surface area contributed by atoms with Gasteiger partial charge < -0.3 is 4.42 Å². The number of hydrogen-bond donors (Lipinski definition) is 0. The minimum absolute atomic E-state index is 0.0520. The molecule has 3 heteroatoms. The summed E-state index contributed by atoms with van der Waals surface area (Å²) in [7, 11) is 0. The first-order valence-electron chi connectivity index (χ1n) is 4.86. The Morgan fingerprint density at radius 1 is 1.40 bits per heavy atom. The van der Waals surface area contributed by atoms with Gasteiger partial charge in [-0.25, -0.2) is 0 Å². The van der Waals surface area contributed by atoms with E-state index in [9.17, 15) is 4.79 Å². The van der Waals surface area contributed by atoms with Gasteiger partial charge in [-0.2, -0.15) is 0 Å². The van der Waals surface area contributed by atoms with E-state index in [1.807, 2.05) is 0 Å². The summed E-state index contributed by atoms with van der Waals surface area (Å²) in [5.41, 5.74) is 1.62. The van der Waals surface area contributed by atoms with Crippen LogP contribution in [-0.4, -0.2) is 11.3 Å². The minimum atomic E-state index is -0.0520. The molecular formula is C12H13NO2. The minimum Gasteiger partial charge on any atom is -0.453 e. The molecule has 3 nitrogen and oxygen atoms in total. The Morgan fingerprint density at radius 3 is 2.73 bits per heavy atom. The third kappa shape index (κ3) is 1.65. The molecule has 0 aliphatic rings. The lowest BCUT2D eigenvalue weighted by Crippen LogP contribution is -2.13. The SMILES string of the molecule is CC(C)(C)c1nccc2oc(C=O)cc12. The van der Waals surface area contributed by atoms with E-state index in [1.54, 1.807) is 18.3 Å². The van der Waals surface area contributed by atoms with Crippen molar-refractivity contribution < 1.29 is 9.21 Å². The number of nitrogens with zero attached hydrogens (tertiary/aromatic N) is 1. The highest BCUT2D eigenvalue weighted by Crippen LogP contribution is 2.29. The highest BCUT2D eigenvalue weighted by molar-refractivity contribution is 5.87. The van der Waals surface area contributed by atoms with Crippen LogP contribution >= 0.6 is 0 Å². The number of aldehydes is 1. The van der Waals surface area contributed by atoms with E-state index in [0.29, 0.717) is 12.0 Å². The Bertz CT molecular complexity index is 506. The number of pyridine rings is 1. The Balaban J connectivity index is 2.75. The third-order valence-electron chi connectivity index (χ3n) is 2.29. The van der Waals surface area contributed by atoms with Crippen molar-refractivity contribution in [1.29, 1.82) is 0 Å². The van der Waals surface area contributed by atoms with Gasteiger partial charge in [-0.05, 0) is 12.1 Å². The van der Waals surface area contributed by atoms with Gasteiger partial charge in [-0.3, -0.25) is 9.78 Å². The molecule has 0 atom stereocenters. The largest absolute Gasteiger partial charge is 0.453 e. The monoisotopic (exact) mass is 203 g/mol. The van der Waals surface area contributed by atoms with E-state index in [1.165, 1.54) is 0 Å². The summed E-state index contributed by atoms with van der Waals surface area (Å²) in [6, 6.07) is 3.52. The Morgan fingerprint density at radius 2 is 2.13 bits per heavy atom. The van der Waals surface area contributed by atoms with Crippen LogP contribution in [0, 0.1) is 0 Å². The van der Waals surface area contributed by atoms with Crippen molar-refractivity contribution in [3.05, 3.63) is 29.8 Å². The Labute approximate surface area is 88.1 Å². The average molecular weight is 203 g/mol. The van der Waals surface area contributed by atoms with Crippen molar-refractivity contribution in [3.63, 3.8) is 0 Å². The molecule has 0 bridgehead atoms. The first kappa shape index (κ1) is 9.90. The average Bonchev–Trinajstić information content (AvgIpc) is 2.57. The molecular weight excluding hydrogens is 190 g/mol. The molecule has 0 aliphatic carbocycles. The van der Waals surface area contributed by atoms with E-state index in [0.717, 1.165) is 16.7 Å². The highest BCUT2D eigenvalue weighted by atomic mass is 16.3. The van der Waals surface area contributed by atoms with Gasteiger partial charge in [-0.1, -0.05) is 20.8 Å². The topological polar surface area (TPSA) is 43.1 Å². The quantitative estimate of drug-likeness (QED) is 0.669. The summed E-state index contributed by atoms with van der Waals surface area (Å²) in [5, 5.41) is 0.923. The number of rotatable bonds is 1. The maximum atomic E-state index is 10.6. The summed E-state index contributed by atoms with van der Waals surface area (Å²) >= 11 is 0. The van der Waals surface area contributed by atoms with Crippen LogP contribution in [0.5, 0.6) is 0 Å². The molecule has 0 saturated heterocycles. The van der Waals surface area contributed by atoms with Crippen LogP contribution in [0.3, 0.4) is 0 Å². The van der Waals surface area contributed by atoms with Gasteiger partial charge in [0.15, 0.2) is 12.0 Å². The number of fused-ring (bicyclic) bond motifs is 1. The lowest BCUT2D eigenvalue weighted by molar-refractivity contribution is 0.110. The van der Waals surface area contributed by atoms with Crippen molar-refractivity contribution >= 4 is 17.3 Å². The van der Waals surface area contributed by atoms with Crippen molar-refractivity contribution in [2.75, 3.05) is 0 Å². The second-order valence-corrected chi connectivity index (χ2v) is 4.59. The predicted molar refractivity (Wildman–Crippen MR) is 58.1 cm³/mol. The second-order valence-electron chi connectivity index (χ2n) is 4.59. The predicted octanol–water partition coefficient (Wildman–Crippen LogP) is 2.94. The maximum Gasteiger partial charge on any atom is 0.185 e. The fraction of sp³-hybridized carbons (Fsp3) is 0.333. The number of furan rings is 1. The molecule has 0 unspecified atom stereocenters. The molecule has 0 aromatic carbocycles. The number of aromatic nitrogens is 1. The second kappa shape index (κ2) is 3.19. The lowest BCUT2D eigenvalue weighted by Gasteiger charge is -2.17. The van der Waals surface area contributed by atoms with Crippen LogP contribution in [-0.2, 0) is 5.41 Å². The molecule has 0 radical (unpaired) electrons. The Kier molecular flexibility index (Phi) is 2.11. The maximum absolute atomic E-state index is 10.6. The zero-order chi connectivity index (χ0) is 11.1. The Hall–Kier alpha value is -1.64. The summed E-state index contributed by atoms with van der Waals surface area (Å²) in [5.74, 6) is 0.350. The summed E-state index contributed by atoms with van der Waals surface area (Å²) in [6.07, 6.45) is 2.42. The molecule has 2 aromatic heterocycles. The van der Waals surface area contributed by atoms with Crippen LogP contribution < -0.4 is 0 Å². The molecule has 0 spiro atoms. The summed E-state index contributed by atoms with van der Waals surface area (Å²) in [4.78, 5) is 15.0. The van der Waals surface area contributed by atoms with Gasteiger partial charge in [-0.15, -0.1) is 0 Å². The van der Waals surface area contributed by atoms with Crippen LogP contribution in [0.25, 0.3) is 11.0 Å². The lowest BCUT2D eigenvalue weighted by atomic mass is 9.89. The van der Waals surface area contributed by atoms with Gasteiger partial charge in [0.2, 0.25) is 0 Å². The zero-order valence-electron chi connectivity index (χ0n) is 9.07. The van der Waals surface area contributed by atoms with E-state index < -0.39 is 0 Å². The molecule has 2 rings (SSSR count). The fourth-order valence-corrected chi connectivity index (χ4v) is 1.64. The van der Waals surface area contributed by atoms with Crippen LogP contribution in [0.4, 0.5) is 0 Å². The molecule has 0 N–H and O–H groups in total. The van der Waals surface area contributed by atoms with E-state index in [4.69, 9.17) is 4.42 Å². The normalized spacial score (nSPS) is 11.9. The zero-order valence-corrected chi connectivity index (χ0v) is 9.07. The fourth-order valence-electron chi connectivity index (χ4n) is 1.64. The van der Waals surface area contributed by atoms with E-state index in [-0.39, 0.29) is 5.41 Å². The van der Waals surface area contributed by atoms with Crippen molar-refractivity contribution in [1.82, 2.24) is 4.98 Å². The van der Waals surface area contributed by atoms with Crippen LogP contribution in [0.1, 0.15) is 37.0 Å². The number of carbonyl (C=O) groups is 1. The van der Waals surface area contributed by atoms with Crippen molar-refractivity contribution in [3.8, 4) is 0 Å². The molecule has 78 valence electrons. The van der Waals surface area contributed by atoms with Crippen molar-refractivity contribution in [2.24, 2.45) is 0 Å². The van der Waals surface area contributed by atoms with Gasteiger partial charge in [0.05, 0.1) is 5.69 Å². The molecule has 2 aromatic rings. The van der Waals surface area contributed by atoms with E-state index >= 15 is 0 Å². The molecule has 0 saturated carbocycles. The van der Waals surface area contributed by atoms with Crippen LogP contribution in [0.2, 0.25) is 0 Å². The molecule has 15 heavy (non-hydrogen) atoms. The molecule has 2 heterocycles. The van der Waals surface area contributed by atoms with Gasteiger partial charge in [0.1, 0.15) is 5.58 Å². The molecule has 0 amide bonds. The first-order valence-corrected chi connectivity index (χ1v) is 4.86. The summed E-state index contributed by atoms with van der Waals surface area (Å²) in [6.45, 7) is 6.26.